The maximum absolute atomic E-state index is 3.25. The van der Waals surface area contributed by atoms with E-state index in [-0.39, 0.29) is 0 Å². The Morgan fingerprint density at radius 2 is 2.20 bits per heavy atom. The molecule has 0 bridgehead atoms. The zero-order valence-corrected chi connectivity index (χ0v) is 11.0. The minimum Gasteiger partial charge on any atom is -0.319 e. The lowest BCUT2D eigenvalue weighted by molar-refractivity contribution is 0.201. The Balaban J connectivity index is 2.38. The molecule has 86 valence electrons. The Kier molecular flexibility index (Phi) is 4.77. The summed E-state index contributed by atoms with van der Waals surface area (Å²) in [6.07, 6.45) is 0. The second-order valence-corrected chi connectivity index (χ2v) is 5.78. The highest BCUT2D eigenvalue weighted by molar-refractivity contribution is 7.07. The molecule has 0 aliphatic heterocycles. The van der Waals surface area contributed by atoms with Crippen molar-refractivity contribution in [2.45, 2.75) is 20.4 Å². The average Bonchev–Trinajstić information content (AvgIpc) is 2.54. The van der Waals surface area contributed by atoms with Crippen molar-refractivity contribution in [1.82, 2.24) is 10.2 Å². The van der Waals surface area contributed by atoms with Gasteiger partial charge >= 0.3 is 0 Å². The van der Waals surface area contributed by atoms with Gasteiger partial charge < -0.3 is 10.2 Å². The molecular weight excluding hydrogens is 204 g/mol. The molecule has 0 unspecified atom stereocenters. The lowest BCUT2D eigenvalue weighted by atomic mass is 9.93. The van der Waals surface area contributed by atoms with Gasteiger partial charge in [0.15, 0.2) is 0 Å². The molecule has 2 nitrogen and oxygen atoms in total. The normalized spacial score (nSPS) is 12.3. The third-order valence-electron chi connectivity index (χ3n) is 2.39. The van der Waals surface area contributed by atoms with Crippen LogP contribution in [-0.2, 0) is 6.54 Å². The molecule has 15 heavy (non-hydrogen) atoms. The van der Waals surface area contributed by atoms with Crippen LogP contribution in [0.4, 0.5) is 0 Å². The second kappa shape index (κ2) is 5.64. The molecule has 0 aromatic carbocycles. The fraction of sp³-hybridized carbons (Fsp3) is 0.667. The predicted molar refractivity (Wildman–Crippen MR) is 68.4 cm³/mol. The quantitative estimate of drug-likeness (QED) is 0.801. The van der Waals surface area contributed by atoms with E-state index in [2.05, 4.69) is 47.9 Å². The summed E-state index contributed by atoms with van der Waals surface area (Å²) < 4.78 is 0. The highest BCUT2D eigenvalue weighted by Gasteiger charge is 2.18. The van der Waals surface area contributed by atoms with Crippen molar-refractivity contribution in [3.8, 4) is 0 Å². The summed E-state index contributed by atoms with van der Waals surface area (Å²) >= 11 is 1.77. The summed E-state index contributed by atoms with van der Waals surface area (Å²) in [6, 6.07) is 2.20. The van der Waals surface area contributed by atoms with E-state index in [0.29, 0.717) is 5.41 Å². The Bertz CT molecular complexity index is 267. The Morgan fingerprint density at radius 1 is 1.47 bits per heavy atom. The third kappa shape index (κ3) is 4.78. The number of nitrogens with zero attached hydrogens (tertiary/aromatic N) is 1. The van der Waals surface area contributed by atoms with E-state index in [1.807, 2.05) is 7.05 Å². The van der Waals surface area contributed by atoms with Crippen LogP contribution in [0.5, 0.6) is 0 Å². The summed E-state index contributed by atoms with van der Waals surface area (Å²) in [6.45, 7) is 7.82. The van der Waals surface area contributed by atoms with Gasteiger partial charge in [0.25, 0.3) is 0 Å². The first-order valence-corrected chi connectivity index (χ1v) is 6.32. The molecule has 1 aromatic rings. The smallest absolute Gasteiger partial charge is 0.0239 e. The monoisotopic (exact) mass is 226 g/mol. The van der Waals surface area contributed by atoms with Crippen LogP contribution in [0, 0.1) is 5.41 Å². The molecule has 3 heteroatoms. The van der Waals surface area contributed by atoms with Crippen LogP contribution in [0.25, 0.3) is 0 Å². The van der Waals surface area contributed by atoms with Gasteiger partial charge in [0.05, 0.1) is 0 Å². The number of hydrogen-bond acceptors (Lipinski definition) is 3. The van der Waals surface area contributed by atoms with Gasteiger partial charge in [-0.25, -0.2) is 0 Å². The molecule has 1 N–H and O–H groups in total. The van der Waals surface area contributed by atoms with E-state index in [1.54, 1.807) is 11.3 Å². The molecule has 0 aliphatic rings. The molecule has 0 radical (unpaired) electrons. The maximum atomic E-state index is 3.25. The SMILES string of the molecule is CNCC(C)(C)CN(C)Cc1ccsc1. The van der Waals surface area contributed by atoms with E-state index >= 15 is 0 Å². The molecule has 0 spiro atoms. The molecule has 0 fully saturated rings. The maximum Gasteiger partial charge on any atom is 0.0239 e. The van der Waals surface area contributed by atoms with E-state index in [4.69, 9.17) is 0 Å². The Hall–Kier alpha value is -0.380. The van der Waals surface area contributed by atoms with Crippen molar-refractivity contribution in [3.63, 3.8) is 0 Å². The fourth-order valence-electron chi connectivity index (χ4n) is 2.02. The first kappa shape index (κ1) is 12.7. The summed E-state index contributed by atoms with van der Waals surface area (Å²) in [5.74, 6) is 0. The first-order chi connectivity index (χ1) is 7.03. The van der Waals surface area contributed by atoms with Crippen LogP contribution in [0.1, 0.15) is 19.4 Å². The van der Waals surface area contributed by atoms with E-state index < -0.39 is 0 Å². The van der Waals surface area contributed by atoms with Gasteiger partial charge in [0.2, 0.25) is 0 Å². The fourth-order valence-corrected chi connectivity index (χ4v) is 2.68. The number of rotatable bonds is 6. The van der Waals surface area contributed by atoms with Crippen molar-refractivity contribution < 1.29 is 0 Å². The zero-order chi connectivity index (χ0) is 11.3. The standard InChI is InChI=1S/C12H22N2S/c1-12(2,9-13-3)10-14(4)7-11-5-6-15-8-11/h5-6,8,13H,7,9-10H2,1-4H3. The minimum atomic E-state index is 0.333. The molecule has 0 aliphatic carbocycles. The van der Waals surface area contributed by atoms with Crippen LogP contribution < -0.4 is 5.32 Å². The van der Waals surface area contributed by atoms with Crippen LogP contribution >= 0.6 is 11.3 Å². The van der Waals surface area contributed by atoms with Crippen LogP contribution in [0.2, 0.25) is 0 Å². The average molecular weight is 226 g/mol. The lowest BCUT2D eigenvalue weighted by Gasteiger charge is -2.30. The largest absolute Gasteiger partial charge is 0.319 e. The molecule has 1 aromatic heterocycles. The van der Waals surface area contributed by atoms with Gasteiger partial charge in [-0.1, -0.05) is 13.8 Å². The molecular formula is C12H22N2S. The summed E-state index contributed by atoms with van der Waals surface area (Å²) in [4.78, 5) is 2.39. The molecule has 1 heterocycles. The van der Waals surface area contributed by atoms with Crippen LogP contribution in [0.15, 0.2) is 16.8 Å². The highest BCUT2D eigenvalue weighted by Crippen LogP contribution is 2.17. The summed E-state index contributed by atoms with van der Waals surface area (Å²) in [7, 11) is 4.20. The van der Waals surface area contributed by atoms with Gasteiger partial charge in [0.1, 0.15) is 0 Å². The minimum absolute atomic E-state index is 0.333. The van der Waals surface area contributed by atoms with Crippen LogP contribution in [0.3, 0.4) is 0 Å². The highest BCUT2D eigenvalue weighted by atomic mass is 32.1. The Morgan fingerprint density at radius 3 is 2.73 bits per heavy atom. The second-order valence-electron chi connectivity index (χ2n) is 5.00. The molecule has 1 rings (SSSR count). The molecule has 0 amide bonds. The molecule has 0 atom stereocenters. The molecule has 0 saturated heterocycles. The molecule has 0 saturated carbocycles. The Labute approximate surface area is 97.3 Å². The summed E-state index contributed by atoms with van der Waals surface area (Å²) in [5, 5.41) is 7.61. The van der Waals surface area contributed by atoms with Gasteiger partial charge in [-0.2, -0.15) is 11.3 Å². The van der Waals surface area contributed by atoms with Gasteiger partial charge in [-0.3, -0.25) is 0 Å². The number of thiophene rings is 1. The van der Waals surface area contributed by atoms with Gasteiger partial charge in [0, 0.05) is 19.6 Å². The van der Waals surface area contributed by atoms with Gasteiger partial charge in [-0.05, 0) is 41.9 Å². The number of nitrogens with one attached hydrogen (secondary N) is 1. The predicted octanol–water partition coefficient (Wildman–Crippen LogP) is 2.43. The van der Waals surface area contributed by atoms with E-state index in [1.165, 1.54) is 5.56 Å². The van der Waals surface area contributed by atoms with Crippen molar-refractivity contribution in [2.24, 2.45) is 5.41 Å². The van der Waals surface area contributed by atoms with Crippen molar-refractivity contribution in [2.75, 3.05) is 27.2 Å². The number of hydrogen-bond donors (Lipinski definition) is 1. The van der Waals surface area contributed by atoms with Crippen molar-refractivity contribution in [3.05, 3.63) is 22.4 Å². The van der Waals surface area contributed by atoms with E-state index in [0.717, 1.165) is 19.6 Å². The van der Waals surface area contributed by atoms with E-state index in [9.17, 15) is 0 Å². The topological polar surface area (TPSA) is 15.3 Å². The zero-order valence-electron chi connectivity index (χ0n) is 10.2. The van der Waals surface area contributed by atoms with Crippen molar-refractivity contribution >= 4 is 11.3 Å². The van der Waals surface area contributed by atoms with Gasteiger partial charge in [-0.15, -0.1) is 0 Å². The summed E-state index contributed by atoms with van der Waals surface area (Å²) in [5.41, 5.74) is 1.75. The van der Waals surface area contributed by atoms with Crippen molar-refractivity contribution in [1.29, 1.82) is 0 Å². The lowest BCUT2D eigenvalue weighted by Crippen LogP contribution is -2.37. The van der Waals surface area contributed by atoms with Crippen LogP contribution in [-0.4, -0.2) is 32.1 Å². The third-order valence-corrected chi connectivity index (χ3v) is 3.12. The first-order valence-electron chi connectivity index (χ1n) is 5.38.